The molecule has 488 valence electrons. The summed E-state index contributed by atoms with van der Waals surface area (Å²) in [6.45, 7) is -4.93. The van der Waals surface area contributed by atoms with Gasteiger partial charge in [-0.2, -0.15) is 0 Å². The van der Waals surface area contributed by atoms with Gasteiger partial charge in [0.2, 0.25) is 11.8 Å². The maximum Gasteiger partial charge on any atom is 0.217 e. The van der Waals surface area contributed by atoms with Crippen LogP contribution in [0.5, 0.6) is 0 Å². The fraction of sp³-hybridized carbons (Fsp3) is 0.957. The van der Waals surface area contributed by atoms with Crippen molar-refractivity contribution in [2.24, 2.45) is 0 Å². The van der Waals surface area contributed by atoms with Gasteiger partial charge >= 0.3 is 0 Å². The molecule has 0 aromatic carbocycles. The first-order valence-electron chi connectivity index (χ1n) is 26.6. The number of hydrogen-bond donors (Lipinski definition) is 23. The average Bonchev–Trinajstić information content (AvgIpc) is 2.99. The lowest BCUT2D eigenvalue weighted by Gasteiger charge is -2.50. The number of carbonyl (C=O) groups is 2. The van der Waals surface area contributed by atoms with Crippen molar-refractivity contribution in [2.45, 2.75) is 229 Å². The minimum Gasteiger partial charge on any atom is -0.394 e. The second-order valence-corrected chi connectivity index (χ2v) is 21.1. The van der Waals surface area contributed by atoms with Crippen LogP contribution in [0.3, 0.4) is 0 Å². The third kappa shape index (κ3) is 14.7. The zero-order chi connectivity index (χ0) is 61.9. The highest BCUT2D eigenvalue weighted by atomic mass is 16.8. The van der Waals surface area contributed by atoms with Crippen molar-refractivity contribution in [3.63, 3.8) is 0 Å². The van der Waals surface area contributed by atoms with E-state index >= 15 is 0 Å². The number of ether oxygens (including phenoxy) is 13. The van der Waals surface area contributed by atoms with Gasteiger partial charge in [-0.3, -0.25) is 9.59 Å². The van der Waals surface area contributed by atoms with Crippen molar-refractivity contribution in [1.29, 1.82) is 0 Å². The first-order valence-corrected chi connectivity index (χ1v) is 26.6. The van der Waals surface area contributed by atoms with Crippen LogP contribution in [0.4, 0.5) is 0 Å². The Morgan fingerprint density at radius 2 is 0.619 bits per heavy atom. The first kappa shape index (κ1) is 69.1. The second-order valence-electron chi connectivity index (χ2n) is 21.1. The van der Waals surface area contributed by atoms with E-state index < -0.39 is 273 Å². The van der Waals surface area contributed by atoms with Gasteiger partial charge in [-0.15, -0.1) is 0 Å². The molecular formula is C46H78N2O36. The predicted molar refractivity (Wildman–Crippen MR) is 255 cm³/mol. The molecule has 7 rings (SSSR count). The fourth-order valence-corrected chi connectivity index (χ4v) is 10.7. The van der Waals surface area contributed by atoms with Gasteiger partial charge in [-0.05, 0) is 0 Å². The van der Waals surface area contributed by atoms with E-state index in [-0.39, 0.29) is 0 Å². The second kappa shape index (κ2) is 29.9. The lowest BCUT2D eigenvalue weighted by Crippen LogP contribution is -2.70. The lowest BCUT2D eigenvalue weighted by molar-refractivity contribution is -0.388. The molecule has 35 atom stereocenters. The molecule has 0 aliphatic carbocycles. The number of nitrogens with one attached hydrogen (secondary N) is 2. The van der Waals surface area contributed by atoms with Crippen LogP contribution in [0.25, 0.3) is 0 Å². The smallest absolute Gasteiger partial charge is 0.217 e. The van der Waals surface area contributed by atoms with E-state index in [1.807, 2.05) is 0 Å². The van der Waals surface area contributed by atoms with Gasteiger partial charge in [-0.25, -0.2) is 0 Å². The van der Waals surface area contributed by atoms with Crippen LogP contribution in [0.15, 0.2) is 0 Å². The Hall–Kier alpha value is -2.42. The number of carbonyl (C=O) groups excluding carboxylic acids is 2. The molecule has 0 saturated carbocycles. The van der Waals surface area contributed by atoms with E-state index in [0.717, 1.165) is 13.8 Å². The van der Waals surface area contributed by atoms with Crippen molar-refractivity contribution in [3.8, 4) is 0 Å². The number of aliphatic hydroxyl groups excluding tert-OH is 21. The van der Waals surface area contributed by atoms with E-state index in [0.29, 0.717) is 0 Å². The van der Waals surface area contributed by atoms with Gasteiger partial charge in [0.05, 0.1) is 46.2 Å². The van der Waals surface area contributed by atoms with E-state index in [9.17, 15) is 117 Å². The summed E-state index contributed by atoms with van der Waals surface area (Å²) in [6.07, 6.45) is -64.4. The van der Waals surface area contributed by atoms with Crippen LogP contribution in [-0.2, 0) is 71.2 Å². The molecule has 7 heterocycles. The zero-order valence-corrected chi connectivity index (χ0v) is 44.7. The quantitative estimate of drug-likeness (QED) is 0.0507. The van der Waals surface area contributed by atoms with Crippen LogP contribution in [0.2, 0.25) is 0 Å². The molecule has 38 heteroatoms. The van der Waals surface area contributed by atoms with Gasteiger partial charge in [0.25, 0.3) is 0 Å². The van der Waals surface area contributed by atoms with Gasteiger partial charge in [0, 0.05) is 13.8 Å². The van der Waals surface area contributed by atoms with E-state index in [4.69, 9.17) is 61.6 Å². The van der Waals surface area contributed by atoms with Gasteiger partial charge in [0.1, 0.15) is 171 Å². The van der Waals surface area contributed by atoms with Crippen LogP contribution in [-0.4, -0.2) is 380 Å². The van der Waals surface area contributed by atoms with Crippen molar-refractivity contribution in [1.82, 2.24) is 10.6 Å². The molecule has 2 amide bonds. The Labute approximate surface area is 475 Å². The Morgan fingerprint density at radius 3 is 1.04 bits per heavy atom. The van der Waals surface area contributed by atoms with E-state index in [1.54, 1.807) is 0 Å². The summed E-state index contributed by atoms with van der Waals surface area (Å²) in [7, 11) is 0. The van der Waals surface area contributed by atoms with Crippen LogP contribution in [0.1, 0.15) is 13.8 Å². The Bertz CT molecular complexity index is 2060. The van der Waals surface area contributed by atoms with Crippen molar-refractivity contribution in [2.75, 3.05) is 46.2 Å². The molecule has 1 unspecified atom stereocenters. The fourth-order valence-electron chi connectivity index (χ4n) is 10.7. The van der Waals surface area contributed by atoms with E-state index in [2.05, 4.69) is 10.6 Å². The summed E-state index contributed by atoms with van der Waals surface area (Å²) >= 11 is 0. The topological polar surface area (TPSA) is 603 Å². The van der Waals surface area contributed by atoms with Crippen molar-refractivity contribution in [3.05, 3.63) is 0 Å². The molecule has 0 bridgehead atoms. The highest BCUT2D eigenvalue weighted by Crippen LogP contribution is 2.37. The monoisotopic (exact) mass is 1230 g/mol. The van der Waals surface area contributed by atoms with Gasteiger partial charge in [0.15, 0.2) is 44.0 Å². The van der Waals surface area contributed by atoms with Crippen LogP contribution >= 0.6 is 0 Å². The molecule has 0 radical (unpaired) electrons. The van der Waals surface area contributed by atoms with Crippen molar-refractivity contribution >= 4 is 11.8 Å². The lowest BCUT2D eigenvalue weighted by atomic mass is 9.94. The number of rotatable bonds is 21. The zero-order valence-electron chi connectivity index (χ0n) is 44.7. The van der Waals surface area contributed by atoms with Crippen molar-refractivity contribution < 1.29 is 178 Å². The average molecular weight is 1240 g/mol. The van der Waals surface area contributed by atoms with Crippen LogP contribution < -0.4 is 10.6 Å². The Morgan fingerprint density at radius 1 is 0.310 bits per heavy atom. The molecular weight excluding hydrogens is 1160 g/mol. The first-order chi connectivity index (χ1) is 39.7. The minimum atomic E-state index is -2.32. The molecule has 84 heavy (non-hydrogen) atoms. The highest BCUT2D eigenvalue weighted by Gasteiger charge is 2.58. The third-order valence-electron chi connectivity index (χ3n) is 15.3. The minimum absolute atomic E-state index is 0.832. The van der Waals surface area contributed by atoms with Crippen LogP contribution in [0, 0.1) is 0 Å². The molecule has 0 aromatic heterocycles. The normalized spacial score (nSPS) is 50.3. The number of amides is 2. The standard InChI is InChI=1S/C46H78N2O36/c1-10(55)47-19-25(61)35(80-43-31(67)27(63)21(57)12(3-49)74-43)16(7-53)77-41(19)72-9-18-24(60)39(34(70)46(79-18)82-37-15(6-52)73-40(71)30(66)29(37)65)83-42-20(48-11(2)56)26(62)36(17(8-54)78-42)81-45-33(69)38(23(59)14(5-51)76-45)84-44-32(68)28(64)22(58)13(4-50)75-44/h12-46,49-54,57-71H,3-9H2,1-2H3,(H,47,55)(H,48,56)/t12-,13-,14-,15-,16-,17-,18-,19-,20-,21+,22+,23+,24+,25-,26-,27+,28+,29-,30-,31-,32-,33-,34-,35-,36-,37-,38+,39+,40?,41-,42+,43+,44+,45+,46+/m1/s1. The number of hydrogen-bond acceptors (Lipinski definition) is 36. The summed E-state index contributed by atoms with van der Waals surface area (Å²) in [4.78, 5) is 25.4. The summed E-state index contributed by atoms with van der Waals surface area (Å²) in [5.41, 5.74) is 0. The molecule has 0 spiro atoms. The predicted octanol–water partition coefficient (Wildman–Crippen LogP) is -16.0. The largest absolute Gasteiger partial charge is 0.394 e. The number of aliphatic hydroxyl groups is 21. The van der Waals surface area contributed by atoms with Gasteiger partial charge < -0.3 is 179 Å². The summed E-state index contributed by atoms with van der Waals surface area (Å²) in [6, 6.07) is -3.61. The SMILES string of the molecule is CC(=O)N[C@H]1[C@H](OC[C@H]2O[C@@H](O[C@H]3[C@H](O)[C@@H](O)C(O)O[C@@H]3CO)[C@H](O)[C@@H](O[C@@H]3O[C@H](CO)[C@@H](O[C@@H]4O[C@H](CO)[C@H](O)[C@H](O[C@@H]5O[C@H](CO)[C@H](O)[C@H](O)[C@H]5O)[C@H]4O)[C@H](O)[C@H]3NC(C)=O)[C@H]2O)O[C@H](CO)[C@@H](O[C@@H]2O[C@H](CO)[C@H](O)[C@H](O)[C@H]2O)[C@@H]1O. The molecule has 7 aliphatic rings. The molecule has 23 N–H and O–H groups in total. The third-order valence-corrected chi connectivity index (χ3v) is 15.3. The molecule has 38 nitrogen and oxygen atoms in total. The molecule has 7 fully saturated rings. The maximum absolute atomic E-state index is 12.8. The van der Waals surface area contributed by atoms with E-state index in [1.165, 1.54) is 0 Å². The Balaban J connectivity index is 1.14. The molecule has 0 aromatic rings. The maximum atomic E-state index is 12.8. The Kier molecular flexibility index (Phi) is 24.6. The summed E-state index contributed by atoms with van der Waals surface area (Å²) < 4.78 is 74.4. The van der Waals surface area contributed by atoms with Gasteiger partial charge in [-0.1, -0.05) is 0 Å². The summed E-state index contributed by atoms with van der Waals surface area (Å²) in [5.74, 6) is -1.75. The summed E-state index contributed by atoms with van der Waals surface area (Å²) in [5, 5.41) is 230. The molecule has 7 saturated heterocycles. The molecule has 7 aliphatic heterocycles. The highest BCUT2D eigenvalue weighted by molar-refractivity contribution is 5.73.